The van der Waals surface area contributed by atoms with Crippen LogP contribution < -0.4 is 4.90 Å². The SMILES string of the molecule is Cc1nc(Cl)cc(N2CCC(CC(=O)N(C)C)CC2)n1. The third-order valence-corrected chi connectivity index (χ3v) is 3.89. The number of anilines is 1. The molecule has 1 amide bonds. The van der Waals surface area contributed by atoms with Crippen LogP contribution in [0.2, 0.25) is 5.15 Å². The quantitative estimate of drug-likeness (QED) is 0.802. The molecule has 20 heavy (non-hydrogen) atoms. The molecule has 1 aliphatic heterocycles. The van der Waals surface area contributed by atoms with Crippen molar-refractivity contribution in [1.82, 2.24) is 14.9 Å². The number of hydrogen-bond donors (Lipinski definition) is 0. The summed E-state index contributed by atoms with van der Waals surface area (Å²) in [4.78, 5) is 24.1. The molecule has 0 spiro atoms. The average molecular weight is 297 g/mol. The maximum Gasteiger partial charge on any atom is 0.222 e. The minimum atomic E-state index is 0.212. The van der Waals surface area contributed by atoms with E-state index in [1.54, 1.807) is 11.0 Å². The molecule has 0 aromatic carbocycles. The first-order chi connectivity index (χ1) is 9.45. The van der Waals surface area contributed by atoms with Gasteiger partial charge in [0.2, 0.25) is 5.91 Å². The highest BCUT2D eigenvalue weighted by molar-refractivity contribution is 6.29. The van der Waals surface area contributed by atoms with Gasteiger partial charge in [-0.2, -0.15) is 0 Å². The molecule has 1 aliphatic rings. The van der Waals surface area contributed by atoms with Crippen molar-refractivity contribution in [2.24, 2.45) is 5.92 Å². The molecule has 0 bridgehead atoms. The molecule has 0 unspecified atom stereocenters. The lowest BCUT2D eigenvalue weighted by Crippen LogP contribution is -2.36. The lowest BCUT2D eigenvalue weighted by Gasteiger charge is -2.33. The van der Waals surface area contributed by atoms with Crippen LogP contribution in [0.15, 0.2) is 6.07 Å². The zero-order valence-electron chi connectivity index (χ0n) is 12.3. The Morgan fingerprint density at radius 3 is 2.60 bits per heavy atom. The predicted molar refractivity (Wildman–Crippen MR) is 80.0 cm³/mol. The van der Waals surface area contributed by atoms with Crippen LogP contribution in [-0.4, -0.2) is 48.0 Å². The van der Waals surface area contributed by atoms with E-state index in [2.05, 4.69) is 14.9 Å². The summed E-state index contributed by atoms with van der Waals surface area (Å²) < 4.78 is 0. The Morgan fingerprint density at radius 1 is 1.40 bits per heavy atom. The van der Waals surface area contributed by atoms with Crippen molar-refractivity contribution in [1.29, 1.82) is 0 Å². The van der Waals surface area contributed by atoms with Gasteiger partial charge in [0.15, 0.2) is 0 Å². The number of nitrogens with zero attached hydrogens (tertiary/aromatic N) is 4. The molecule has 1 fully saturated rings. The minimum absolute atomic E-state index is 0.212. The van der Waals surface area contributed by atoms with Crippen LogP contribution >= 0.6 is 11.6 Å². The van der Waals surface area contributed by atoms with Gasteiger partial charge < -0.3 is 9.80 Å². The molecule has 1 aromatic rings. The van der Waals surface area contributed by atoms with E-state index in [1.807, 2.05) is 21.0 Å². The monoisotopic (exact) mass is 296 g/mol. The normalized spacial score (nSPS) is 16.3. The standard InChI is InChI=1S/C14H21ClN4O/c1-10-16-12(15)9-13(17-10)19-6-4-11(5-7-19)8-14(20)18(2)3/h9,11H,4-8H2,1-3H3. The summed E-state index contributed by atoms with van der Waals surface area (Å²) >= 11 is 5.97. The third-order valence-electron chi connectivity index (χ3n) is 3.69. The summed E-state index contributed by atoms with van der Waals surface area (Å²) in [6.45, 7) is 3.67. The molecule has 6 heteroatoms. The number of aromatic nitrogens is 2. The van der Waals surface area contributed by atoms with Crippen LogP contribution in [0.25, 0.3) is 0 Å². The van der Waals surface area contributed by atoms with E-state index in [9.17, 15) is 4.79 Å². The van der Waals surface area contributed by atoms with Gasteiger partial charge in [0.05, 0.1) is 0 Å². The van der Waals surface area contributed by atoms with Gasteiger partial charge in [-0.05, 0) is 25.7 Å². The number of aryl methyl sites for hydroxylation is 1. The molecule has 0 aliphatic carbocycles. The Bertz CT molecular complexity index is 464. The van der Waals surface area contributed by atoms with E-state index in [-0.39, 0.29) is 5.91 Å². The molecule has 1 aromatic heterocycles. The number of halogens is 1. The van der Waals surface area contributed by atoms with Gasteiger partial charge in [0.25, 0.3) is 0 Å². The molecular formula is C14H21ClN4O. The number of hydrogen-bond acceptors (Lipinski definition) is 4. The molecule has 2 rings (SSSR count). The Labute approximate surface area is 124 Å². The van der Waals surface area contributed by atoms with E-state index < -0.39 is 0 Å². The summed E-state index contributed by atoms with van der Waals surface area (Å²) in [5.74, 6) is 2.27. The van der Waals surface area contributed by atoms with E-state index in [1.165, 1.54) is 0 Å². The zero-order valence-corrected chi connectivity index (χ0v) is 13.0. The highest BCUT2D eigenvalue weighted by Gasteiger charge is 2.23. The Kier molecular flexibility index (Phi) is 4.81. The molecule has 110 valence electrons. The van der Waals surface area contributed by atoms with Crippen molar-refractivity contribution in [3.63, 3.8) is 0 Å². The minimum Gasteiger partial charge on any atom is -0.356 e. The maximum atomic E-state index is 11.7. The number of amides is 1. The fourth-order valence-corrected chi connectivity index (χ4v) is 2.69. The van der Waals surface area contributed by atoms with Gasteiger partial charge in [-0.3, -0.25) is 4.79 Å². The smallest absolute Gasteiger partial charge is 0.222 e. The molecule has 2 heterocycles. The van der Waals surface area contributed by atoms with Crippen molar-refractivity contribution in [2.75, 3.05) is 32.1 Å². The van der Waals surface area contributed by atoms with Crippen LogP contribution in [-0.2, 0) is 4.79 Å². The largest absolute Gasteiger partial charge is 0.356 e. The topological polar surface area (TPSA) is 49.3 Å². The second-order valence-electron chi connectivity index (χ2n) is 5.52. The lowest BCUT2D eigenvalue weighted by atomic mass is 9.93. The van der Waals surface area contributed by atoms with Crippen LogP contribution in [0, 0.1) is 12.8 Å². The van der Waals surface area contributed by atoms with Crippen molar-refractivity contribution in [3.8, 4) is 0 Å². The Hall–Kier alpha value is -1.36. The Balaban J connectivity index is 1.92. The first-order valence-corrected chi connectivity index (χ1v) is 7.30. The van der Waals surface area contributed by atoms with Gasteiger partial charge in [-0.25, -0.2) is 9.97 Å². The molecule has 1 saturated heterocycles. The van der Waals surface area contributed by atoms with E-state index >= 15 is 0 Å². The Morgan fingerprint density at radius 2 is 2.05 bits per heavy atom. The molecule has 0 N–H and O–H groups in total. The van der Waals surface area contributed by atoms with Gasteiger partial charge in [0, 0.05) is 39.7 Å². The van der Waals surface area contributed by atoms with Gasteiger partial charge in [-0.1, -0.05) is 11.6 Å². The van der Waals surface area contributed by atoms with Crippen molar-refractivity contribution < 1.29 is 4.79 Å². The summed E-state index contributed by atoms with van der Waals surface area (Å²) in [7, 11) is 3.62. The first kappa shape index (κ1) is 15.0. The molecule has 0 atom stereocenters. The molecule has 0 saturated carbocycles. The second-order valence-corrected chi connectivity index (χ2v) is 5.91. The van der Waals surface area contributed by atoms with E-state index in [0.717, 1.165) is 31.7 Å². The fourth-order valence-electron chi connectivity index (χ4n) is 2.47. The van der Waals surface area contributed by atoms with Crippen LogP contribution in [0.3, 0.4) is 0 Å². The number of rotatable bonds is 3. The summed E-state index contributed by atoms with van der Waals surface area (Å²) in [6, 6.07) is 1.81. The van der Waals surface area contributed by atoms with E-state index in [0.29, 0.717) is 23.3 Å². The third kappa shape index (κ3) is 3.82. The van der Waals surface area contributed by atoms with Gasteiger partial charge in [-0.15, -0.1) is 0 Å². The van der Waals surface area contributed by atoms with E-state index in [4.69, 9.17) is 11.6 Å². The van der Waals surface area contributed by atoms with Crippen molar-refractivity contribution in [2.45, 2.75) is 26.2 Å². The average Bonchev–Trinajstić information content (AvgIpc) is 2.38. The first-order valence-electron chi connectivity index (χ1n) is 6.92. The second kappa shape index (κ2) is 6.39. The van der Waals surface area contributed by atoms with Gasteiger partial charge in [0.1, 0.15) is 16.8 Å². The highest BCUT2D eigenvalue weighted by atomic mass is 35.5. The van der Waals surface area contributed by atoms with Crippen molar-refractivity contribution >= 4 is 23.3 Å². The van der Waals surface area contributed by atoms with Crippen molar-refractivity contribution in [3.05, 3.63) is 17.0 Å². The summed E-state index contributed by atoms with van der Waals surface area (Å²) in [5.41, 5.74) is 0. The van der Waals surface area contributed by atoms with Crippen LogP contribution in [0.4, 0.5) is 5.82 Å². The lowest BCUT2D eigenvalue weighted by molar-refractivity contribution is -0.129. The fraction of sp³-hybridized carbons (Fsp3) is 0.643. The molecular weight excluding hydrogens is 276 g/mol. The summed E-state index contributed by atoms with van der Waals surface area (Å²) in [5, 5.41) is 0.484. The number of carbonyl (C=O) groups is 1. The maximum absolute atomic E-state index is 11.7. The van der Waals surface area contributed by atoms with Gasteiger partial charge >= 0.3 is 0 Å². The predicted octanol–water partition coefficient (Wildman–Crippen LogP) is 2.13. The van der Waals surface area contributed by atoms with Crippen LogP contribution in [0.1, 0.15) is 25.1 Å². The number of piperidine rings is 1. The zero-order chi connectivity index (χ0) is 14.7. The summed E-state index contributed by atoms with van der Waals surface area (Å²) in [6.07, 6.45) is 2.67. The number of carbonyl (C=O) groups excluding carboxylic acids is 1. The molecule has 0 radical (unpaired) electrons. The molecule has 5 nitrogen and oxygen atoms in total. The van der Waals surface area contributed by atoms with Crippen LogP contribution in [0.5, 0.6) is 0 Å². The highest BCUT2D eigenvalue weighted by Crippen LogP contribution is 2.25.